The number of nitrogens with zero attached hydrogens (tertiary/aromatic N) is 1. The summed E-state index contributed by atoms with van der Waals surface area (Å²) in [7, 11) is 2.81. The first-order valence-electron chi connectivity index (χ1n) is 17.4. The molecule has 2 amide bonds. The van der Waals surface area contributed by atoms with Gasteiger partial charge in [-0.2, -0.15) is 0 Å². The Bertz CT molecular complexity index is 2250. The number of imide groups is 1. The lowest BCUT2D eigenvalue weighted by Gasteiger charge is -2.55. The van der Waals surface area contributed by atoms with E-state index in [1.54, 1.807) is 36.4 Å². The topological polar surface area (TPSA) is 148 Å². The molecular weight excluding hydrogens is 674 g/mol. The Morgan fingerprint density at radius 3 is 2.11 bits per heavy atom. The number of phenols is 1. The van der Waals surface area contributed by atoms with Crippen LogP contribution in [0.1, 0.15) is 45.8 Å². The molecule has 0 spiro atoms. The molecule has 4 aliphatic rings. The Morgan fingerprint density at radius 1 is 0.811 bits per heavy atom. The molecule has 4 aromatic carbocycles. The fraction of sp³-hybridized carbons (Fsp3) is 0.233. The molecule has 0 bridgehead atoms. The predicted octanol–water partition coefficient (Wildman–Crippen LogP) is 6.14. The van der Waals surface area contributed by atoms with Crippen LogP contribution in [0.15, 0.2) is 115 Å². The van der Waals surface area contributed by atoms with Crippen LogP contribution in [0.4, 0.5) is 5.69 Å². The van der Waals surface area contributed by atoms with E-state index in [0.717, 1.165) is 10.5 Å². The van der Waals surface area contributed by atoms with Gasteiger partial charge in [0.05, 0.1) is 42.7 Å². The van der Waals surface area contributed by atoms with E-state index in [9.17, 15) is 24.6 Å². The Labute approximate surface area is 305 Å². The van der Waals surface area contributed by atoms with Gasteiger partial charge in [-0.3, -0.25) is 24.1 Å². The first-order valence-corrected chi connectivity index (χ1v) is 17.4. The minimum atomic E-state index is -1.49. The summed E-state index contributed by atoms with van der Waals surface area (Å²) in [6.45, 7) is 0. The molecule has 2 N–H and O–H groups in total. The minimum absolute atomic E-state index is 0.0658. The Balaban J connectivity index is 1.37. The Hall–Kier alpha value is -6.29. The SMILES string of the molecule is COc1cc(C2C3=CCC4C(=O)N(c5cccc(C(=O)O)c5)C(=O)C4C3CC3C(=O)C(c4ccccc4)=CC(=O)C32c2ccccc2)cc(OC)c1O. The maximum Gasteiger partial charge on any atom is 0.335 e. The van der Waals surface area contributed by atoms with Crippen molar-refractivity contribution in [2.24, 2.45) is 23.7 Å². The first-order chi connectivity index (χ1) is 25.6. The van der Waals surface area contributed by atoms with Crippen molar-refractivity contribution in [2.75, 3.05) is 19.1 Å². The summed E-state index contributed by atoms with van der Waals surface area (Å²) in [5.74, 6) is -6.83. The summed E-state index contributed by atoms with van der Waals surface area (Å²) < 4.78 is 11.2. The highest BCUT2D eigenvalue weighted by Crippen LogP contribution is 2.64. The lowest BCUT2D eigenvalue weighted by atomic mass is 9.44. The number of hydrogen-bond acceptors (Lipinski definition) is 8. The van der Waals surface area contributed by atoms with Crippen LogP contribution in [0.2, 0.25) is 0 Å². The molecule has 6 unspecified atom stereocenters. The number of allylic oxidation sites excluding steroid dienone is 4. The standard InChI is InChI=1S/C43H35NO9/c1-52-33-19-25(20-34(53-2)39(33)47)37-28-16-17-29-36(41(49)44(40(29)48)27-15-9-12-24(18-27)42(50)51)31(28)21-32-38(46)30(23-10-5-3-6-11-23)22-35(45)43(32,37)26-13-7-4-8-14-26/h3-16,18-20,22,29,31-32,36-37,47H,17,21H2,1-2H3,(H,50,51). The van der Waals surface area contributed by atoms with Gasteiger partial charge in [-0.05, 0) is 71.9 Å². The molecule has 0 radical (unpaired) electrons. The van der Waals surface area contributed by atoms with Gasteiger partial charge in [0.15, 0.2) is 23.1 Å². The minimum Gasteiger partial charge on any atom is -0.502 e. The Morgan fingerprint density at radius 2 is 1.47 bits per heavy atom. The van der Waals surface area contributed by atoms with Crippen molar-refractivity contribution in [3.63, 3.8) is 0 Å². The zero-order valence-electron chi connectivity index (χ0n) is 28.9. The molecule has 10 heteroatoms. The average Bonchev–Trinajstić information content (AvgIpc) is 3.44. The van der Waals surface area contributed by atoms with Crippen molar-refractivity contribution in [3.05, 3.63) is 137 Å². The number of ether oxygens (including phenoxy) is 2. The maximum absolute atomic E-state index is 15.2. The van der Waals surface area contributed by atoms with Gasteiger partial charge >= 0.3 is 5.97 Å². The number of anilines is 1. The van der Waals surface area contributed by atoms with Crippen LogP contribution in [-0.4, -0.2) is 53.8 Å². The molecular formula is C43H35NO9. The third kappa shape index (κ3) is 4.96. The highest BCUT2D eigenvalue weighted by Gasteiger charge is 2.66. The van der Waals surface area contributed by atoms with E-state index in [1.807, 2.05) is 42.5 Å². The van der Waals surface area contributed by atoms with Gasteiger partial charge in [-0.1, -0.05) is 78.4 Å². The maximum atomic E-state index is 15.2. The third-order valence-electron chi connectivity index (χ3n) is 11.6. The highest BCUT2D eigenvalue weighted by molar-refractivity contribution is 6.32. The summed E-state index contributed by atoms with van der Waals surface area (Å²) in [6, 6.07) is 27.2. The largest absolute Gasteiger partial charge is 0.502 e. The van der Waals surface area contributed by atoms with Crippen molar-refractivity contribution in [1.82, 2.24) is 0 Å². The number of Topliss-reactive ketones (excluding diaryl/α,β-unsaturated/α-hetero) is 1. The van der Waals surface area contributed by atoms with Gasteiger partial charge < -0.3 is 19.7 Å². The second-order valence-electron chi connectivity index (χ2n) is 13.9. The summed E-state index contributed by atoms with van der Waals surface area (Å²) in [6.07, 6.45) is 3.65. The summed E-state index contributed by atoms with van der Waals surface area (Å²) in [5, 5.41) is 20.6. The molecule has 10 nitrogen and oxygen atoms in total. The van der Waals surface area contributed by atoms with Gasteiger partial charge in [0, 0.05) is 17.4 Å². The van der Waals surface area contributed by atoms with Crippen LogP contribution in [0.25, 0.3) is 5.57 Å². The number of hydrogen-bond donors (Lipinski definition) is 2. The number of carbonyl (C=O) groups is 5. The van der Waals surface area contributed by atoms with Crippen molar-refractivity contribution < 1.29 is 43.7 Å². The normalized spacial score (nSPS) is 26.2. The first kappa shape index (κ1) is 33.8. The number of carboxylic acid groups (broad SMARTS) is 1. The fourth-order valence-electron chi connectivity index (χ4n) is 9.36. The molecule has 0 aromatic heterocycles. The lowest BCUT2D eigenvalue weighted by Crippen LogP contribution is -2.58. The number of aromatic hydroxyl groups is 1. The molecule has 4 aromatic rings. The number of phenolic OH excluding ortho intramolecular Hbond substituents is 1. The number of carbonyl (C=O) groups excluding carboxylic acids is 4. The zero-order valence-corrected chi connectivity index (χ0v) is 28.9. The van der Waals surface area contributed by atoms with E-state index in [2.05, 4.69) is 0 Å². The van der Waals surface area contributed by atoms with Crippen LogP contribution in [-0.2, 0) is 24.6 Å². The Kier molecular flexibility index (Phi) is 8.13. The molecule has 53 heavy (non-hydrogen) atoms. The number of ketones is 2. The zero-order chi connectivity index (χ0) is 37.2. The monoisotopic (exact) mass is 709 g/mol. The van der Waals surface area contributed by atoms with Crippen LogP contribution in [0.3, 0.4) is 0 Å². The van der Waals surface area contributed by atoms with Gasteiger partial charge in [0.1, 0.15) is 0 Å². The molecule has 2 fully saturated rings. The van der Waals surface area contributed by atoms with Crippen molar-refractivity contribution >= 4 is 40.6 Å². The van der Waals surface area contributed by atoms with Crippen LogP contribution >= 0.6 is 0 Å². The molecule has 1 heterocycles. The fourth-order valence-corrected chi connectivity index (χ4v) is 9.36. The van der Waals surface area contributed by atoms with Crippen molar-refractivity contribution in [1.29, 1.82) is 0 Å². The predicted molar refractivity (Wildman–Crippen MR) is 194 cm³/mol. The van der Waals surface area contributed by atoms with E-state index in [-0.39, 0.29) is 58.5 Å². The van der Waals surface area contributed by atoms with Gasteiger partial charge in [0.2, 0.25) is 17.6 Å². The van der Waals surface area contributed by atoms with Gasteiger partial charge in [0.25, 0.3) is 0 Å². The lowest BCUT2D eigenvalue weighted by molar-refractivity contribution is -0.135. The summed E-state index contributed by atoms with van der Waals surface area (Å²) in [5.41, 5.74) is 1.34. The van der Waals surface area contributed by atoms with Gasteiger partial charge in [-0.25, -0.2) is 4.79 Å². The van der Waals surface area contributed by atoms with Crippen LogP contribution in [0, 0.1) is 23.7 Å². The van der Waals surface area contributed by atoms with Crippen molar-refractivity contribution in [3.8, 4) is 17.2 Å². The van der Waals surface area contributed by atoms with E-state index < -0.39 is 52.8 Å². The van der Waals surface area contributed by atoms with Crippen LogP contribution < -0.4 is 14.4 Å². The molecule has 1 saturated heterocycles. The molecule has 3 aliphatic carbocycles. The summed E-state index contributed by atoms with van der Waals surface area (Å²) in [4.78, 5) is 72.0. The number of methoxy groups -OCH3 is 2. The molecule has 1 saturated carbocycles. The van der Waals surface area contributed by atoms with Gasteiger partial charge in [-0.15, -0.1) is 0 Å². The second-order valence-corrected chi connectivity index (χ2v) is 13.9. The third-order valence-corrected chi connectivity index (χ3v) is 11.6. The quantitative estimate of drug-likeness (QED) is 0.171. The number of fused-ring (bicyclic) bond motifs is 4. The van der Waals surface area contributed by atoms with E-state index in [0.29, 0.717) is 16.7 Å². The number of amides is 2. The molecule has 6 atom stereocenters. The van der Waals surface area contributed by atoms with E-state index in [1.165, 1.54) is 44.6 Å². The number of aromatic carboxylic acids is 1. The van der Waals surface area contributed by atoms with Crippen molar-refractivity contribution in [2.45, 2.75) is 24.2 Å². The number of benzene rings is 4. The number of carboxylic acids is 1. The highest BCUT2D eigenvalue weighted by atomic mass is 16.5. The van der Waals surface area contributed by atoms with E-state index >= 15 is 9.59 Å². The second kappa shape index (κ2) is 12.7. The summed E-state index contributed by atoms with van der Waals surface area (Å²) >= 11 is 0. The smallest absolute Gasteiger partial charge is 0.335 e. The van der Waals surface area contributed by atoms with E-state index in [4.69, 9.17) is 9.47 Å². The number of rotatable bonds is 7. The molecule has 8 rings (SSSR count). The van der Waals surface area contributed by atoms with Crippen LogP contribution in [0.5, 0.6) is 17.2 Å². The average molecular weight is 710 g/mol. The molecule has 266 valence electrons. The molecule has 1 aliphatic heterocycles.